The van der Waals surface area contributed by atoms with Gasteiger partial charge in [-0.2, -0.15) is 0 Å². The van der Waals surface area contributed by atoms with Crippen molar-refractivity contribution < 1.29 is 4.39 Å². The molecule has 3 aromatic heterocycles. The number of benzene rings is 1. The fourth-order valence-electron chi connectivity index (χ4n) is 5.78. The van der Waals surface area contributed by atoms with E-state index in [0.717, 1.165) is 29.0 Å². The molecule has 5 heterocycles. The van der Waals surface area contributed by atoms with Crippen LogP contribution in [0, 0.1) is 19.7 Å². The zero-order valence-electron chi connectivity index (χ0n) is 20.4. The van der Waals surface area contributed by atoms with Crippen molar-refractivity contribution in [2.24, 2.45) is 0 Å². The van der Waals surface area contributed by atoms with E-state index in [-0.39, 0.29) is 5.82 Å². The maximum atomic E-state index is 14.0. The quantitative estimate of drug-likeness (QED) is 0.439. The number of aromatic nitrogens is 5. The van der Waals surface area contributed by atoms with Gasteiger partial charge in [-0.1, -0.05) is 24.3 Å². The number of hydrogen-bond donors (Lipinski definition) is 0. The zero-order chi connectivity index (χ0) is 24.1. The SMILES string of the molecule is Cc1nc(C)c2nc(-c3cncc(F)c3)n(Cc3ccc(CN4[C@@H]5CC[C@H]4CN(C)C5)cc3)c2n1. The summed E-state index contributed by atoms with van der Waals surface area (Å²) in [5.74, 6) is 0.952. The Labute approximate surface area is 204 Å². The summed E-state index contributed by atoms with van der Waals surface area (Å²) in [6.07, 6.45) is 5.46. The van der Waals surface area contributed by atoms with E-state index < -0.39 is 0 Å². The van der Waals surface area contributed by atoms with Crippen LogP contribution in [0.1, 0.15) is 35.5 Å². The summed E-state index contributed by atoms with van der Waals surface area (Å²) in [4.78, 5) is 23.2. The normalized spacial score (nSPS) is 20.7. The molecule has 2 bridgehead atoms. The third-order valence-electron chi connectivity index (χ3n) is 7.39. The van der Waals surface area contributed by atoms with Crippen molar-refractivity contribution in [2.45, 2.75) is 51.9 Å². The smallest absolute Gasteiger partial charge is 0.164 e. The van der Waals surface area contributed by atoms with Gasteiger partial charge in [0.2, 0.25) is 0 Å². The molecule has 0 aliphatic carbocycles. The van der Waals surface area contributed by atoms with Crippen molar-refractivity contribution in [3.05, 3.63) is 71.2 Å². The van der Waals surface area contributed by atoms with Gasteiger partial charge >= 0.3 is 0 Å². The molecule has 0 spiro atoms. The van der Waals surface area contributed by atoms with Crippen LogP contribution >= 0.6 is 0 Å². The Morgan fingerprint density at radius 1 is 0.914 bits per heavy atom. The van der Waals surface area contributed by atoms with Crippen LogP contribution in [-0.4, -0.2) is 66.5 Å². The molecule has 2 fully saturated rings. The van der Waals surface area contributed by atoms with Gasteiger partial charge in [0.05, 0.1) is 18.4 Å². The molecule has 1 aromatic carbocycles. The van der Waals surface area contributed by atoms with Crippen LogP contribution < -0.4 is 0 Å². The number of aryl methyl sites for hydroxylation is 2. The number of fused-ring (bicyclic) bond motifs is 3. The van der Waals surface area contributed by atoms with Crippen molar-refractivity contribution in [2.75, 3.05) is 20.1 Å². The summed E-state index contributed by atoms with van der Waals surface area (Å²) in [6, 6.07) is 11.7. The average molecular weight is 472 g/mol. The molecule has 0 saturated carbocycles. The van der Waals surface area contributed by atoms with Crippen LogP contribution in [0.25, 0.3) is 22.6 Å². The predicted octanol–water partition coefficient (Wildman–Crippen LogP) is 3.97. The first kappa shape index (κ1) is 22.2. The summed E-state index contributed by atoms with van der Waals surface area (Å²) in [5, 5.41) is 0. The van der Waals surface area contributed by atoms with Gasteiger partial charge in [0, 0.05) is 43.5 Å². The summed E-state index contributed by atoms with van der Waals surface area (Å²) in [6.45, 7) is 7.73. The van der Waals surface area contributed by atoms with Gasteiger partial charge in [0.25, 0.3) is 0 Å². The van der Waals surface area contributed by atoms with E-state index in [9.17, 15) is 4.39 Å². The molecule has 7 nitrogen and oxygen atoms in total. The topological polar surface area (TPSA) is 63.0 Å². The lowest BCUT2D eigenvalue weighted by molar-refractivity contribution is 0.0760. The van der Waals surface area contributed by atoms with E-state index in [1.807, 2.05) is 18.4 Å². The number of nitrogens with zero attached hydrogens (tertiary/aromatic N) is 7. The number of rotatable bonds is 5. The highest BCUT2D eigenvalue weighted by atomic mass is 19.1. The maximum absolute atomic E-state index is 14.0. The van der Waals surface area contributed by atoms with Crippen molar-refractivity contribution in [1.29, 1.82) is 0 Å². The molecule has 0 N–H and O–H groups in total. The molecular formula is C27H30FN7. The van der Waals surface area contributed by atoms with Crippen LogP contribution in [0.15, 0.2) is 42.7 Å². The zero-order valence-corrected chi connectivity index (χ0v) is 20.4. The van der Waals surface area contributed by atoms with Gasteiger partial charge in [-0.25, -0.2) is 19.3 Å². The molecule has 4 aromatic rings. The fourth-order valence-corrected chi connectivity index (χ4v) is 5.78. The Balaban J connectivity index is 1.31. The van der Waals surface area contributed by atoms with E-state index in [1.54, 1.807) is 6.20 Å². The number of piperazine rings is 1. The number of halogens is 1. The lowest BCUT2D eigenvalue weighted by Crippen LogP contribution is -2.51. The van der Waals surface area contributed by atoms with Crippen LogP contribution in [0.2, 0.25) is 0 Å². The first-order valence-electron chi connectivity index (χ1n) is 12.3. The third-order valence-corrected chi connectivity index (χ3v) is 7.39. The van der Waals surface area contributed by atoms with Crippen LogP contribution in [0.5, 0.6) is 0 Å². The molecule has 2 aliphatic heterocycles. The van der Waals surface area contributed by atoms with Gasteiger partial charge in [0.1, 0.15) is 23.0 Å². The molecule has 2 atom stereocenters. The Morgan fingerprint density at radius 2 is 1.60 bits per heavy atom. The maximum Gasteiger partial charge on any atom is 0.164 e. The Hall–Kier alpha value is -3.23. The van der Waals surface area contributed by atoms with E-state index >= 15 is 0 Å². The third kappa shape index (κ3) is 4.21. The van der Waals surface area contributed by atoms with Crippen molar-refractivity contribution in [3.63, 3.8) is 0 Å². The summed E-state index contributed by atoms with van der Waals surface area (Å²) < 4.78 is 16.0. The van der Waals surface area contributed by atoms with Gasteiger partial charge < -0.3 is 9.47 Å². The van der Waals surface area contributed by atoms with Crippen LogP contribution in [0.4, 0.5) is 4.39 Å². The number of pyridine rings is 1. The standard InChI is InChI=1S/C27H30FN7/c1-17-25-27(31-18(2)30-17)35(26(32-25)21-10-22(28)12-29-11-21)14-20-6-4-19(5-7-20)13-34-23-8-9-24(34)16-33(3)15-23/h4-7,10-12,23-24H,8-9,13-16H2,1-3H3/t23-,24+. The molecule has 6 rings (SSSR count). The fraction of sp³-hybridized carbons (Fsp3) is 0.407. The lowest BCUT2D eigenvalue weighted by atomic mass is 10.1. The minimum Gasteiger partial charge on any atom is -0.304 e. The van der Waals surface area contributed by atoms with Crippen molar-refractivity contribution in [3.8, 4) is 11.4 Å². The predicted molar refractivity (Wildman–Crippen MR) is 133 cm³/mol. The summed E-state index contributed by atoms with van der Waals surface area (Å²) in [5.41, 5.74) is 5.42. The van der Waals surface area contributed by atoms with Gasteiger partial charge in [0.15, 0.2) is 5.65 Å². The Kier molecular flexibility index (Phi) is 5.57. The number of hydrogen-bond acceptors (Lipinski definition) is 6. The molecule has 0 amide bonds. The highest BCUT2D eigenvalue weighted by Gasteiger charge is 2.38. The first-order valence-corrected chi connectivity index (χ1v) is 12.3. The number of likely N-dealkylation sites (tertiary alicyclic amines) is 1. The average Bonchev–Trinajstić information content (AvgIpc) is 3.29. The largest absolute Gasteiger partial charge is 0.304 e. The molecule has 2 aliphatic rings. The molecule has 180 valence electrons. The Bertz CT molecular complexity index is 1370. The van der Waals surface area contributed by atoms with E-state index in [0.29, 0.717) is 35.8 Å². The minimum atomic E-state index is -0.387. The summed E-state index contributed by atoms with van der Waals surface area (Å²) >= 11 is 0. The molecule has 2 saturated heterocycles. The van der Waals surface area contributed by atoms with E-state index in [2.05, 4.69) is 51.1 Å². The van der Waals surface area contributed by atoms with Crippen molar-refractivity contribution >= 4 is 11.2 Å². The molecule has 0 unspecified atom stereocenters. The second-order valence-electron chi connectivity index (χ2n) is 10.0. The second kappa shape index (κ2) is 8.77. The summed E-state index contributed by atoms with van der Waals surface area (Å²) in [7, 11) is 2.24. The van der Waals surface area contributed by atoms with E-state index in [1.165, 1.54) is 43.8 Å². The number of imidazole rings is 1. The van der Waals surface area contributed by atoms with Crippen LogP contribution in [-0.2, 0) is 13.1 Å². The molecule has 0 radical (unpaired) electrons. The highest BCUT2D eigenvalue weighted by molar-refractivity contribution is 5.79. The van der Waals surface area contributed by atoms with Gasteiger partial charge in [-0.15, -0.1) is 0 Å². The van der Waals surface area contributed by atoms with Crippen LogP contribution in [0.3, 0.4) is 0 Å². The first-order chi connectivity index (χ1) is 16.9. The molecule has 8 heteroatoms. The van der Waals surface area contributed by atoms with Gasteiger partial charge in [-0.3, -0.25) is 9.88 Å². The lowest BCUT2D eigenvalue weighted by Gasteiger charge is -2.39. The minimum absolute atomic E-state index is 0.387. The van der Waals surface area contributed by atoms with Crippen molar-refractivity contribution in [1.82, 2.24) is 34.3 Å². The Morgan fingerprint density at radius 3 is 2.29 bits per heavy atom. The number of likely N-dealkylation sites (N-methyl/N-ethyl adjacent to an activating group) is 1. The molecule has 35 heavy (non-hydrogen) atoms. The van der Waals surface area contributed by atoms with E-state index in [4.69, 9.17) is 9.97 Å². The van der Waals surface area contributed by atoms with Gasteiger partial charge in [-0.05, 0) is 50.9 Å². The molecular weight excluding hydrogens is 441 g/mol. The second-order valence-corrected chi connectivity index (χ2v) is 10.0. The monoisotopic (exact) mass is 471 g/mol. The highest BCUT2D eigenvalue weighted by Crippen LogP contribution is 2.31.